The van der Waals surface area contributed by atoms with Crippen LogP contribution in [0.4, 0.5) is 0 Å². The molecule has 1 amide bonds. The molecule has 0 aromatic rings. The van der Waals surface area contributed by atoms with Crippen LogP contribution < -0.4 is 0 Å². The zero-order valence-electron chi connectivity index (χ0n) is 9.83. The molecule has 0 aromatic carbocycles. The summed E-state index contributed by atoms with van der Waals surface area (Å²) in [6.07, 6.45) is 6.18. The summed E-state index contributed by atoms with van der Waals surface area (Å²) >= 11 is 3.32. The van der Waals surface area contributed by atoms with E-state index in [0.717, 1.165) is 37.6 Å². The molecule has 2 rings (SSSR count). The van der Waals surface area contributed by atoms with Crippen LogP contribution in [0.3, 0.4) is 0 Å². The van der Waals surface area contributed by atoms with Gasteiger partial charge in [-0.05, 0) is 12.8 Å². The number of alkyl halides is 1. The second-order valence-electron chi connectivity index (χ2n) is 4.79. The average Bonchev–Trinajstić information content (AvgIpc) is 2.83. The molecular formula is C12H21BrN2O. The first kappa shape index (κ1) is 12.4. The van der Waals surface area contributed by atoms with Crippen LogP contribution in [0.2, 0.25) is 0 Å². The molecule has 0 aromatic heterocycles. The summed E-state index contributed by atoms with van der Waals surface area (Å²) in [4.78, 5) is 16.3. The molecule has 1 aliphatic heterocycles. The van der Waals surface area contributed by atoms with Crippen molar-refractivity contribution in [2.24, 2.45) is 0 Å². The van der Waals surface area contributed by atoms with Gasteiger partial charge in [0.05, 0.1) is 0 Å². The molecule has 1 saturated carbocycles. The minimum absolute atomic E-state index is 0.308. The van der Waals surface area contributed by atoms with E-state index < -0.39 is 0 Å². The minimum Gasteiger partial charge on any atom is -0.340 e. The van der Waals surface area contributed by atoms with Gasteiger partial charge >= 0.3 is 0 Å². The molecule has 1 saturated heterocycles. The Labute approximate surface area is 106 Å². The number of carbonyl (C=O) groups is 1. The molecule has 3 nitrogen and oxygen atoms in total. The average molecular weight is 289 g/mol. The molecular weight excluding hydrogens is 268 g/mol. The van der Waals surface area contributed by atoms with Crippen LogP contribution in [-0.4, -0.2) is 53.3 Å². The molecule has 1 heterocycles. The Bertz CT molecular complexity index is 233. The molecule has 0 bridgehead atoms. The lowest BCUT2D eigenvalue weighted by atomic mass is 10.2. The fraction of sp³-hybridized carbons (Fsp3) is 0.917. The third-order valence-corrected chi connectivity index (χ3v) is 4.21. The van der Waals surface area contributed by atoms with Crippen molar-refractivity contribution in [3.63, 3.8) is 0 Å². The van der Waals surface area contributed by atoms with E-state index in [2.05, 4.69) is 20.8 Å². The van der Waals surface area contributed by atoms with Gasteiger partial charge in [0.2, 0.25) is 5.91 Å². The highest BCUT2D eigenvalue weighted by molar-refractivity contribution is 9.09. The first-order chi connectivity index (χ1) is 7.81. The van der Waals surface area contributed by atoms with Crippen LogP contribution in [0.25, 0.3) is 0 Å². The second kappa shape index (κ2) is 6.01. The SMILES string of the molecule is O=C(CCBr)N1CCN(C2CCCC2)CC1. The fourth-order valence-corrected chi connectivity index (χ4v) is 3.18. The molecule has 0 radical (unpaired) electrons. The second-order valence-corrected chi connectivity index (χ2v) is 5.59. The Kier molecular flexibility index (Phi) is 4.65. The molecule has 0 unspecified atom stereocenters. The maximum absolute atomic E-state index is 11.7. The molecule has 0 spiro atoms. The third kappa shape index (κ3) is 2.98. The van der Waals surface area contributed by atoms with Gasteiger partial charge in [-0.3, -0.25) is 9.69 Å². The third-order valence-electron chi connectivity index (χ3n) is 3.82. The predicted octanol–water partition coefficient (Wildman–Crippen LogP) is 1.86. The number of nitrogens with zero attached hydrogens (tertiary/aromatic N) is 2. The fourth-order valence-electron chi connectivity index (χ4n) is 2.84. The first-order valence-corrected chi connectivity index (χ1v) is 7.51. The van der Waals surface area contributed by atoms with Crippen LogP contribution in [0, 0.1) is 0 Å². The lowest BCUT2D eigenvalue weighted by molar-refractivity contribution is -0.132. The van der Waals surface area contributed by atoms with E-state index in [1.807, 2.05) is 4.90 Å². The summed E-state index contributed by atoms with van der Waals surface area (Å²) in [5, 5.41) is 0.786. The van der Waals surface area contributed by atoms with Crippen LogP contribution in [-0.2, 0) is 4.79 Å². The standard InChI is InChI=1S/C12H21BrN2O/c13-6-5-12(16)15-9-7-14(8-10-15)11-3-1-2-4-11/h11H,1-10H2. The zero-order valence-corrected chi connectivity index (χ0v) is 11.4. The largest absolute Gasteiger partial charge is 0.340 e. The summed E-state index contributed by atoms with van der Waals surface area (Å²) < 4.78 is 0. The predicted molar refractivity (Wildman–Crippen MR) is 68.8 cm³/mol. The number of rotatable bonds is 3. The van der Waals surface area contributed by atoms with Gasteiger partial charge < -0.3 is 4.90 Å². The van der Waals surface area contributed by atoms with E-state index in [4.69, 9.17) is 0 Å². The number of hydrogen-bond acceptors (Lipinski definition) is 2. The lowest BCUT2D eigenvalue weighted by Crippen LogP contribution is -2.51. The molecule has 2 aliphatic rings. The van der Waals surface area contributed by atoms with E-state index in [1.165, 1.54) is 25.7 Å². The van der Waals surface area contributed by atoms with Crippen molar-refractivity contribution in [2.45, 2.75) is 38.1 Å². The highest BCUT2D eigenvalue weighted by Gasteiger charge is 2.27. The van der Waals surface area contributed by atoms with Crippen LogP contribution >= 0.6 is 15.9 Å². The molecule has 2 fully saturated rings. The quantitative estimate of drug-likeness (QED) is 0.740. The van der Waals surface area contributed by atoms with Crippen LogP contribution in [0.15, 0.2) is 0 Å². The smallest absolute Gasteiger partial charge is 0.223 e. The van der Waals surface area contributed by atoms with Crippen molar-refractivity contribution in [1.29, 1.82) is 0 Å². The highest BCUT2D eigenvalue weighted by atomic mass is 79.9. The number of halogens is 1. The number of carbonyl (C=O) groups excluding carboxylic acids is 1. The van der Waals surface area contributed by atoms with Crippen molar-refractivity contribution in [3.05, 3.63) is 0 Å². The molecule has 16 heavy (non-hydrogen) atoms. The van der Waals surface area contributed by atoms with Gasteiger partial charge in [-0.15, -0.1) is 0 Å². The normalized spacial score (nSPS) is 23.9. The van der Waals surface area contributed by atoms with E-state index >= 15 is 0 Å². The monoisotopic (exact) mass is 288 g/mol. The summed E-state index contributed by atoms with van der Waals surface area (Å²) in [7, 11) is 0. The lowest BCUT2D eigenvalue weighted by Gasteiger charge is -2.38. The molecule has 1 aliphatic carbocycles. The number of piperazine rings is 1. The Balaban J connectivity index is 1.75. The first-order valence-electron chi connectivity index (χ1n) is 6.39. The number of amides is 1. The highest BCUT2D eigenvalue weighted by Crippen LogP contribution is 2.24. The van der Waals surface area contributed by atoms with Crippen molar-refractivity contribution >= 4 is 21.8 Å². The number of hydrogen-bond donors (Lipinski definition) is 0. The summed E-state index contributed by atoms with van der Waals surface area (Å²) in [6, 6.07) is 0.813. The topological polar surface area (TPSA) is 23.6 Å². The molecule has 4 heteroatoms. The van der Waals surface area contributed by atoms with Gasteiger partial charge in [-0.1, -0.05) is 28.8 Å². The summed E-state index contributed by atoms with van der Waals surface area (Å²) in [5.74, 6) is 0.308. The molecule has 92 valence electrons. The van der Waals surface area contributed by atoms with Crippen LogP contribution in [0.1, 0.15) is 32.1 Å². The van der Waals surface area contributed by atoms with Crippen molar-refractivity contribution < 1.29 is 4.79 Å². The Morgan fingerprint density at radius 1 is 1.12 bits per heavy atom. The summed E-state index contributed by atoms with van der Waals surface area (Å²) in [6.45, 7) is 4.03. The zero-order chi connectivity index (χ0) is 11.4. The van der Waals surface area contributed by atoms with Gasteiger partial charge in [-0.25, -0.2) is 0 Å². The van der Waals surface area contributed by atoms with E-state index in [-0.39, 0.29) is 0 Å². The maximum atomic E-state index is 11.7. The molecule has 0 atom stereocenters. The Morgan fingerprint density at radius 2 is 1.75 bits per heavy atom. The van der Waals surface area contributed by atoms with Gasteiger partial charge in [0, 0.05) is 44.0 Å². The van der Waals surface area contributed by atoms with Crippen LogP contribution in [0.5, 0.6) is 0 Å². The van der Waals surface area contributed by atoms with Crippen molar-refractivity contribution in [1.82, 2.24) is 9.80 Å². The van der Waals surface area contributed by atoms with Gasteiger partial charge in [-0.2, -0.15) is 0 Å². The molecule has 0 N–H and O–H groups in total. The van der Waals surface area contributed by atoms with Gasteiger partial charge in [0.15, 0.2) is 0 Å². The van der Waals surface area contributed by atoms with Crippen molar-refractivity contribution in [3.8, 4) is 0 Å². The van der Waals surface area contributed by atoms with Crippen molar-refractivity contribution in [2.75, 3.05) is 31.5 Å². The van der Waals surface area contributed by atoms with Gasteiger partial charge in [0.1, 0.15) is 0 Å². The maximum Gasteiger partial charge on any atom is 0.223 e. The van der Waals surface area contributed by atoms with E-state index in [9.17, 15) is 4.79 Å². The Morgan fingerprint density at radius 3 is 2.31 bits per heavy atom. The minimum atomic E-state index is 0.308. The van der Waals surface area contributed by atoms with Gasteiger partial charge in [0.25, 0.3) is 0 Å². The summed E-state index contributed by atoms with van der Waals surface area (Å²) in [5.41, 5.74) is 0. The Hall–Kier alpha value is -0.0900. The van der Waals surface area contributed by atoms with E-state index in [0.29, 0.717) is 12.3 Å². The van der Waals surface area contributed by atoms with E-state index in [1.54, 1.807) is 0 Å².